The number of nitrogens with zero attached hydrogens (tertiary/aromatic N) is 1. The van der Waals surface area contributed by atoms with Crippen LogP contribution >= 0.6 is 27.3 Å². The van der Waals surface area contributed by atoms with Crippen LogP contribution in [-0.2, 0) is 11.2 Å². The van der Waals surface area contributed by atoms with E-state index in [0.29, 0.717) is 6.42 Å². The number of rotatable bonds is 4. The smallest absolute Gasteiger partial charge is 0.303 e. The highest BCUT2D eigenvalue weighted by Gasteiger charge is 2.01. The van der Waals surface area contributed by atoms with Gasteiger partial charge in [0.1, 0.15) is 4.60 Å². The molecule has 0 aliphatic carbocycles. The summed E-state index contributed by atoms with van der Waals surface area (Å²) in [6, 6.07) is 0. The second-order valence-corrected chi connectivity index (χ2v) is 4.07. The van der Waals surface area contributed by atoms with E-state index in [-0.39, 0.29) is 6.42 Å². The predicted molar refractivity (Wildman–Crippen MR) is 50.4 cm³/mol. The quantitative estimate of drug-likeness (QED) is 0.892. The summed E-state index contributed by atoms with van der Waals surface area (Å²) >= 11 is 4.79. The summed E-state index contributed by atoms with van der Waals surface area (Å²) in [4.78, 5) is 14.3. The number of aryl methyl sites for hydroxylation is 1. The first-order valence-electron chi connectivity index (χ1n) is 3.50. The third kappa shape index (κ3) is 3.32. The zero-order valence-corrected chi connectivity index (χ0v) is 8.69. The van der Waals surface area contributed by atoms with Gasteiger partial charge in [-0.05, 0) is 28.8 Å². The lowest BCUT2D eigenvalue weighted by molar-refractivity contribution is -0.137. The van der Waals surface area contributed by atoms with E-state index < -0.39 is 5.97 Å². The molecule has 1 rings (SSSR count). The molecule has 1 N–H and O–H groups in total. The van der Waals surface area contributed by atoms with Crippen molar-refractivity contribution in [2.45, 2.75) is 19.3 Å². The average molecular weight is 250 g/mol. The Balaban J connectivity index is 2.29. The van der Waals surface area contributed by atoms with E-state index in [1.54, 1.807) is 11.3 Å². The predicted octanol–water partition coefficient (Wildman–Crippen LogP) is 2.31. The number of aliphatic carboxylic acids is 1. The fraction of sp³-hybridized carbons (Fsp3) is 0.429. The van der Waals surface area contributed by atoms with Gasteiger partial charge in [0.2, 0.25) is 0 Å². The van der Waals surface area contributed by atoms with Crippen LogP contribution in [0, 0.1) is 0 Å². The summed E-state index contributed by atoms with van der Waals surface area (Å²) < 4.78 is 0.831. The highest BCUT2D eigenvalue weighted by Crippen LogP contribution is 2.16. The average Bonchev–Trinajstić information content (AvgIpc) is 2.35. The van der Waals surface area contributed by atoms with E-state index in [2.05, 4.69) is 20.9 Å². The van der Waals surface area contributed by atoms with Crippen LogP contribution in [0.15, 0.2) is 9.98 Å². The summed E-state index contributed by atoms with van der Waals surface area (Å²) in [7, 11) is 0. The molecule has 1 aromatic rings. The molecule has 66 valence electrons. The van der Waals surface area contributed by atoms with Gasteiger partial charge >= 0.3 is 5.97 Å². The van der Waals surface area contributed by atoms with Crippen LogP contribution < -0.4 is 0 Å². The highest BCUT2D eigenvalue weighted by molar-refractivity contribution is 9.10. The van der Waals surface area contributed by atoms with Gasteiger partial charge in [-0.3, -0.25) is 4.79 Å². The topological polar surface area (TPSA) is 50.2 Å². The van der Waals surface area contributed by atoms with Gasteiger partial charge in [-0.2, -0.15) is 0 Å². The van der Waals surface area contributed by atoms with Crippen LogP contribution in [0.1, 0.15) is 17.8 Å². The Hall–Kier alpha value is -0.420. The lowest BCUT2D eigenvalue weighted by Gasteiger charge is -1.91. The van der Waals surface area contributed by atoms with E-state index in [1.807, 2.05) is 5.38 Å². The van der Waals surface area contributed by atoms with Crippen molar-refractivity contribution >= 4 is 33.2 Å². The molecule has 0 radical (unpaired) electrons. The Morgan fingerprint density at radius 3 is 3.00 bits per heavy atom. The van der Waals surface area contributed by atoms with E-state index in [1.165, 1.54) is 0 Å². The minimum absolute atomic E-state index is 0.219. The molecule has 0 spiro atoms. The standard InChI is InChI=1S/C7H8BrNO2S/c8-5-4-12-6(9-5)2-1-3-7(10)11/h4H,1-3H2,(H,10,11). The van der Waals surface area contributed by atoms with Crippen LogP contribution in [0.5, 0.6) is 0 Å². The van der Waals surface area contributed by atoms with Gasteiger partial charge in [-0.25, -0.2) is 4.98 Å². The minimum Gasteiger partial charge on any atom is -0.481 e. The second kappa shape index (κ2) is 4.57. The first-order chi connectivity index (χ1) is 5.68. The van der Waals surface area contributed by atoms with Gasteiger partial charge in [0, 0.05) is 11.8 Å². The van der Waals surface area contributed by atoms with Gasteiger partial charge in [0.15, 0.2) is 0 Å². The second-order valence-electron chi connectivity index (χ2n) is 2.31. The summed E-state index contributed by atoms with van der Waals surface area (Å²) in [5, 5.41) is 11.3. The number of carboxylic acid groups (broad SMARTS) is 1. The number of halogens is 1. The lowest BCUT2D eigenvalue weighted by Crippen LogP contribution is -1.95. The van der Waals surface area contributed by atoms with Crippen LogP contribution in [0.3, 0.4) is 0 Å². The first-order valence-corrected chi connectivity index (χ1v) is 5.17. The van der Waals surface area contributed by atoms with Crippen molar-refractivity contribution in [3.05, 3.63) is 15.0 Å². The maximum Gasteiger partial charge on any atom is 0.303 e. The molecule has 0 aliphatic rings. The molecule has 5 heteroatoms. The van der Waals surface area contributed by atoms with Crippen molar-refractivity contribution in [2.24, 2.45) is 0 Å². The zero-order chi connectivity index (χ0) is 8.97. The third-order valence-electron chi connectivity index (χ3n) is 1.31. The number of carboxylic acids is 1. The Kier molecular flexibility index (Phi) is 3.68. The van der Waals surface area contributed by atoms with Crippen molar-refractivity contribution in [1.29, 1.82) is 0 Å². The van der Waals surface area contributed by atoms with Crippen molar-refractivity contribution in [3.63, 3.8) is 0 Å². The molecule has 0 aliphatic heterocycles. The minimum atomic E-state index is -0.745. The van der Waals surface area contributed by atoms with Crippen molar-refractivity contribution in [3.8, 4) is 0 Å². The molecule has 0 unspecified atom stereocenters. The molecule has 0 fully saturated rings. The largest absolute Gasteiger partial charge is 0.481 e. The molecular weight excluding hydrogens is 242 g/mol. The van der Waals surface area contributed by atoms with Crippen LogP contribution in [0.25, 0.3) is 0 Å². The number of carbonyl (C=O) groups is 1. The maximum atomic E-state index is 10.2. The molecule has 12 heavy (non-hydrogen) atoms. The normalized spacial score (nSPS) is 10.1. The molecule has 1 aromatic heterocycles. The zero-order valence-electron chi connectivity index (χ0n) is 6.29. The maximum absolute atomic E-state index is 10.2. The van der Waals surface area contributed by atoms with Crippen molar-refractivity contribution in [1.82, 2.24) is 4.98 Å². The van der Waals surface area contributed by atoms with E-state index in [0.717, 1.165) is 16.0 Å². The van der Waals surface area contributed by atoms with Gasteiger partial charge in [-0.1, -0.05) is 0 Å². The van der Waals surface area contributed by atoms with E-state index in [4.69, 9.17) is 5.11 Å². The Morgan fingerprint density at radius 1 is 1.75 bits per heavy atom. The molecule has 0 saturated carbocycles. The molecule has 0 aromatic carbocycles. The number of thiazole rings is 1. The van der Waals surface area contributed by atoms with Crippen LogP contribution in [0.4, 0.5) is 0 Å². The molecule has 0 bridgehead atoms. The summed E-state index contributed by atoms with van der Waals surface area (Å²) in [5.41, 5.74) is 0. The third-order valence-corrected chi connectivity index (χ3v) is 2.92. The van der Waals surface area contributed by atoms with Gasteiger partial charge in [-0.15, -0.1) is 11.3 Å². The number of aromatic nitrogens is 1. The molecule has 0 amide bonds. The van der Waals surface area contributed by atoms with Crippen LogP contribution in [-0.4, -0.2) is 16.1 Å². The molecule has 0 saturated heterocycles. The van der Waals surface area contributed by atoms with Gasteiger partial charge in [0.05, 0.1) is 5.01 Å². The van der Waals surface area contributed by atoms with Gasteiger partial charge < -0.3 is 5.11 Å². The summed E-state index contributed by atoms with van der Waals surface area (Å²) in [5.74, 6) is -0.745. The van der Waals surface area contributed by atoms with Gasteiger partial charge in [0.25, 0.3) is 0 Å². The van der Waals surface area contributed by atoms with Crippen molar-refractivity contribution < 1.29 is 9.90 Å². The fourth-order valence-corrected chi connectivity index (χ4v) is 2.11. The molecular formula is C7H8BrNO2S. The highest BCUT2D eigenvalue weighted by atomic mass is 79.9. The Labute approximate surface area is 82.6 Å². The van der Waals surface area contributed by atoms with E-state index >= 15 is 0 Å². The molecule has 1 heterocycles. The fourth-order valence-electron chi connectivity index (χ4n) is 0.794. The Bertz CT molecular complexity index is 274. The van der Waals surface area contributed by atoms with Crippen LogP contribution in [0.2, 0.25) is 0 Å². The summed E-state index contributed by atoms with van der Waals surface area (Å²) in [6.07, 6.45) is 1.63. The molecule has 0 atom stereocenters. The van der Waals surface area contributed by atoms with E-state index in [9.17, 15) is 4.79 Å². The number of hydrogen-bond acceptors (Lipinski definition) is 3. The summed E-state index contributed by atoms with van der Waals surface area (Å²) in [6.45, 7) is 0. The SMILES string of the molecule is O=C(O)CCCc1nc(Br)cs1. The number of hydrogen-bond donors (Lipinski definition) is 1. The lowest BCUT2D eigenvalue weighted by atomic mass is 10.2. The molecule has 3 nitrogen and oxygen atoms in total. The monoisotopic (exact) mass is 249 g/mol. The van der Waals surface area contributed by atoms with Crippen molar-refractivity contribution in [2.75, 3.05) is 0 Å². The first kappa shape index (κ1) is 9.67. The Morgan fingerprint density at radius 2 is 2.50 bits per heavy atom.